The van der Waals surface area contributed by atoms with Crippen LogP contribution in [0.15, 0.2) is 47.1 Å². The molecular weight excluding hydrogens is 286 g/mol. The molecule has 1 aromatic heterocycles. The lowest BCUT2D eigenvalue weighted by Gasteiger charge is -2.06. The average Bonchev–Trinajstić information content (AvgIpc) is 3.13. The van der Waals surface area contributed by atoms with Gasteiger partial charge < -0.3 is 19.6 Å². The molecule has 22 heavy (non-hydrogen) atoms. The van der Waals surface area contributed by atoms with Crippen LogP contribution in [0, 0.1) is 5.92 Å². The summed E-state index contributed by atoms with van der Waals surface area (Å²) in [5.74, 6) is -0.0931. The predicted octanol–water partition coefficient (Wildman–Crippen LogP) is 2.27. The van der Waals surface area contributed by atoms with Crippen molar-refractivity contribution in [2.24, 2.45) is 5.92 Å². The van der Waals surface area contributed by atoms with E-state index in [1.807, 2.05) is 6.07 Å². The second kappa shape index (κ2) is 5.93. The van der Waals surface area contributed by atoms with Gasteiger partial charge in [-0.25, -0.2) is 0 Å². The van der Waals surface area contributed by atoms with Crippen molar-refractivity contribution in [3.63, 3.8) is 0 Å². The first-order valence-corrected chi connectivity index (χ1v) is 6.92. The van der Waals surface area contributed by atoms with Crippen molar-refractivity contribution >= 4 is 17.6 Å². The Hall–Kier alpha value is -2.76. The van der Waals surface area contributed by atoms with Gasteiger partial charge in [-0.1, -0.05) is 0 Å². The van der Waals surface area contributed by atoms with Crippen LogP contribution < -0.4 is 5.32 Å². The molecule has 3 rings (SSSR count). The van der Waals surface area contributed by atoms with Crippen LogP contribution in [0.4, 0.5) is 5.69 Å². The second-order valence-electron chi connectivity index (χ2n) is 5.17. The minimum Gasteiger partial charge on any atom is -0.508 e. The Balaban J connectivity index is 1.43. The Kier molecular flexibility index (Phi) is 3.82. The van der Waals surface area contributed by atoms with E-state index in [0.717, 1.165) is 5.76 Å². The van der Waals surface area contributed by atoms with E-state index in [0.29, 0.717) is 12.1 Å². The highest BCUT2D eigenvalue weighted by Gasteiger charge is 2.47. The molecule has 0 saturated heterocycles. The largest absolute Gasteiger partial charge is 0.508 e. The number of hydrogen-bond acceptors (Lipinski definition) is 5. The van der Waals surface area contributed by atoms with Crippen LogP contribution in [0.3, 0.4) is 0 Å². The molecule has 6 nitrogen and oxygen atoms in total. The minimum atomic E-state index is -0.422. The van der Waals surface area contributed by atoms with Gasteiger partial charge in [0.1, 0.15) is 11.5 Å². The SMILES string of the molecule is O=C(COC(=O)[C@@H]1C[C@@H]1c1ccco1)Nc1ccc(O)cc1. The Morgan fingerprint density at radius 3 is 2.73 bits per heavy atom. The maximum atomic E-state index is 11.8. The molecule has 2 N–H and O–H groups in total. The molecule has 6 heteroatoms. The summed E-state index contributed by atoms with van der Waals surface area (Å²) < 4.78 is 10.3. The standard InChI is InChI=1S/C16H15NO5/c18-11-5-3-10(4-6-11)17-15(19)9-22-16(20)13-8-12(13)14-2-1-7-21-14/h1-7,12-13,18H,8-9H2,(H,17,19)/t12-,13+/m0/s1. The fraction of sp³-hybridized carbons (Fsp3) is 0.250. The highest BCUT2D eigenvalue weighted by Crippen LogP contribution is 2.48. The summed E-state index contributed by atoms with van der Waals surface area (Å²) >= 11 is 0. The van der Waals surface area contributed by atoms with Gasteiger partial charge in [-0.2, -0.15) is 0 Å². The van der Waals surface area contributed by atoms with E-state index in [2.05, 4.69) is 5.32 Å². The summed E-state index contributed by atoms with van der Waals surface area (Å²) in [7, 11) is 0. The lowest BCUT2D eigenvalue weighted by Crippen LogP contribution is -2.21. The molecule has 2 atom stereocenters. The molecule has 1 saturated carbocycles. The van der Waals surface area contributed by atoms with Crippen LogP contribution in [0.1, 0.15) is 18.1 Å². The monoisotopic (exact) mass is 301 g/mol. The summed E-state index contributed by atoms with van der Waals surface area (Å²) in [5.41, 5.74) is 0.527. The highest BCUT2D eigenvalue weighted by atomic mass is 16.5. The molecule has 0 unspecified atom stereocenters. The number of aromatic hydroxyl groups is 1. The number of anilines is 1. The van der Waals surface area contributed by atoms with Crippen LogP contribution in [0.2, 0.25) is 0 Å². The molecule has 114 valence electrons. The van der Waals surface area contributed by atoms with Gasteiger partial charge in [-0.05, 0) is 42.8 Å². The predicted molar refractivity (Wildman–Crippen MR) is 77.3 cm³/mol. The first-order valence-electron chi connectivity index (χ1n) is 6.92. The molecule has 0 radical (unpaired) electrons. The van der Waals surface area contributed by atoms with Gasteiger partial charge in [0.05, 0.1) is 12.2 Å². The zero-order valence-corrected chi connectivity index (χ0v) is 11.7. The number of furan rings is 1. The van der Waals surface area contributed by atoms with Gasteiger partial charge >= 0.3 is 5.97 Å². The molecule has 1 aromatic carbocycles. The summed E-state index contributed by atoms with van der Waals surface area (Å²) in [4.78, 5) is 23.5. The fourth-order valence-corrected chi connectivity index (χ4v) is 2.26. The summed E-state index contributed by atoms with van der Waals surface area (Å²) in [6.07, 6.45) is 2.26. The van der Waals surface area contributed by atoms with Crippen molar-refractivity contribution in [1.29, 1.82) is 0 Å². The maximum Gasteiger partial charge on any atom is 0.310 e. The van der Waals surface area contributed by atoms with Crippen molar-refractivity contribution in [1.82, 2.24) is 0 Å². The number of ether oxygens (including phenoxy) is 1. The summed E-state index contributed by atoms with van der Waals surface area (Å²) in [6.45, 7) is -0.332. The number of nitrogens with one attached hydrogen (secondary N) is 1. The lowest BCUT2D eigenvalue weighted by atomic mass is 10.2. The van der Waals surface area contributed by atoms with Crippen molar-refractivity contribution in [2.45, 2.75) is 12.3 Å². The van der Waals surface area contributed by atoms with E-state index in [4.69, 9.17) is 14.3 Å². The molecule has 1 aliphatic carbocycles. The van der Waals surface area contributed by atoms with Crippen molar-refractivity contribution in [2.75, 3.05) is 11.9 Å². The molecule has 1 aliphatic rings. The smallest absolute Gasteiger partial charge is 0.310 e. The maximum absolute atomic E-state index is 11.8. The second-order valence-corrected chi connectivity index (χ2v) is 5.17. The number of phenols is 1. The Labute approximate surface area is 126 Å². The Morgan fingerprint density at radius 2 is 2.05 bits per heavy atom. The normalized spacial score (nSPS) is 19.5. The van der Waals surface area contributed by atoms with E-state index in [1.54, 1.807) is 24.5 Å². The third-order valence-corrected chi connectivity index (χ3v) is 3.50. The fourth-order valence-electron chi connectivity index (χ4n) is 2.26. The molecule has 1 fully saturated rings. The van der Waals surface area contributed by atoms with Crippen LogP contribution in [0.5, 0.6) is 5.75 Å². The Bertz CT molecular complexity index is 662. The first kappa shape index (κ1) is 14.2. The number of carbonyl (C=O) groups is 2. The van der Waals surface area contributed by atoms with Gasteiger partial charge in [-0.15, -0.1) is 0 Å². The number of phenolic OH excluding ortho intramolecular Hbond substituents is 1. The van der Waals surface area contributed by atoms with Gasteiger partial charge in [0, 0.05) is 11.6 Å². The van der Waals surface area contributed by atoms with E-state index >= 15 is 0 Å². The summed E-state index contributed by atoms with van der Waals surface area (Å²) in [5, 5.41) is 11.7. The third kappa shape index (κ3) is 3.28. The molecular formula is C16H15NO5. The van der Waals surface area contributed by atoms with E-state index in [-0.39, 0.29) is 30.2 Å². The molecule has 0 aliphatic heterocycles. The number of amides is 1. The molecule has 0 spiro atoms. The van der Waals surface area contributed by atoms with Gasteiger partial charge in [0.2, 0.25) is 0 Å². The number of hydrogen-bond donors (Lipinski definition) is 2. The van der Waals surface area contributed by atoms with Crippen molar-refractivity contribution < 1.29 is 23.8 Å². The number of rotatable bonds is 5. The van der Waals surface area contributed by atoms with Gasteiger partial charge in [0.15, 0.2) is 6.61 Å². The zero-order chi connectivity index (χ0) is 15.5. The molecule has 0 bridgehead atoms. The first-order chi connectivity index (χ1) is 10.6. The van der Waals surface area contributed by atoms with Crippen LogP contribution in [0.25, 0.3) is 0 Å². The van der Waals surface area contributed by atoms with Gasteiger partial charge in [0.25, 0.3) is 5.91 Å². The quantitative estimate of drug-likeness (QED) is 0.653. The number of esters is 1. The minimum absolute atomic E-state index is 0.0580. The number of benzene rings is 1. The van der Waals surface area contributed by atoms with E-state index in [9.17, 15) is 9.59 Å². The van der Waals surface area contributed by atoms with Crippen molar-refractivity contribution in [3.05, 3.63) is 48.4 Å². The average molecular weight is 301 g/mol. The topological polar surface area (TPSA) is 88.8 Å². The van der Waals surface area contributed by atoms with Crippen LogP contribution in [-0.2, 0) is 14.3 Å². The third-order valence-electron chi connectivity index (χ3n) is 3.50. The molecule has 1 heterocycles. The zero-order valence-electron chi connectivity index (χ0n) is 11.7. The van der Waals surface area contributed by atoms with E-state index in [1.165, 1.54) is 12.1 Å². The van der Waals surface area contributed by atoms with Crippen LogP contribution in [-0.4, -0.2) is 23.6 Å². The molecule has 1 amide bonds. The summed E-state index contributed by atoms with van der Waals surface area (Å²) in [6, 6.07) is 9.64. The molecule has 2 aromatic rings. The van der Waals surface area contributed by atoms with Gasteiger partial charge in [-0.3, -0.25) is 9.59 Å². The lowest BCUT2D eigenvalue weighted by molar-refractivity contribution is -0.148. The number of carbonyl (C=O) groups excluding carboxylic acids is 2. The highest BCUT2D eigenvalue weighted by molar-refractivity contribution is 5.93. The Morgan fingerprint density at radius 1 is 1.27 bits per heavy atom. The van der Waals surface area contributed by atoms with E-state index < -0.39 is 5.91 Å². The van der Waals surface area contributed by atoms with Crippen LogP contribution >= 0.6 is 0 Å². The van der Waals surface area contributed by atoms with Crippen molar-refractivity contribution in [3.8, 4) is 5.75 Å².